The Kier molecular flexibility index (Phi) is 5.49. The van der Waals surface area contributed by atoms with E-state index >= 15 is 0 Å². The van der Waals surface area contributed by atoms with E-state index in [2.05, 4.69) is 10.3 Å². The molecule has 1 aromatic heterocycles. The number of likely N-dealkylation sites (N-methyl/N-ethyl adjacent to an activating group) is 1. The lowest BCUT2D eigenvalue weighted by Gasteiger charge is -2.23. The summed E-state index contributed by atoms with van der Waals surface area (Å²) in [7, 11) is 5.51. The second-order valence-electron chi connectivity index (χ2n) is 5.29. The second kappa shape index (κ2) is 7.56. The van der Waals surface area contributed by atoms with E-state index < -0.39 is 0 Å². The Balaban J connectivity index is 2.13. The van der Waals surface area contributed by atoms with E-state index in [9.17, 15) is 4.79 Å². The van der Waals surface area contributed by atoms with Crippen LogP contribution in [0.4, 0.5) is 0 Å². The van der Waals surface area contributed by atoms with Gasteiger partial charge in [-0.05, 0) is 25.7 Å². The van der Waals surface area contributed by atoms with Gasteiger partial charge in [0.1, 0.15) is 0 Å². The molecule has 0 spiro atoms. The van der Waals surface area contributed by atoms with Crippen molar-refractivity contribution in [1.29, 1.82) is 0 Å². The van der Waals surface area contributed by atoms with Crippen LogP contribution < -0.4 is 10.1 Å². The summed E-state index contributed by atoms with van der Waals surface area (Å²) in [6.45, 7) is 0.722. The number of aromatic nitrogens is 1. The molecule has 1 amide bonds. The molecule has 0 fully saturated rings. The number of carbonyl (C=O) groups excluding carboxylic acids is 1. The molecule has 2 aromatic rings. The van der Waals surface area contributed by atoms with Gasteiger partial charge in [-0.15, -0.1) is 0 Å². The van der Waals surface area contributed by atoms with Gasteiger partial charge in [-0.25, -0.2) is 4.98 Å². The molecule has 1 atom stereocenters. The number of benzene rings is 1. The molecule has 2 rings (SSSR count). The van der Waals surface area contributed by atoms with Crippen molar-refractivity contribution in [2.75, 3.05) is 27.7 Å². The minimum Gasteiger partial charge on any atom is -0.481 e. The highest BCUT2D eigenvalue weighted by molar-refractivity contribution is 5.94. The third-order valence-electron chi connectivity index (χ3n) is 3.26. The minimum atomic E-state index is -0.147. The normalized spacial score (nSPS) is 12.0. The summed E-state index contributed by atoms with van der Waals surface area (Å²) in [5.41, 5.74) is 1.59. The van der Waals surface area contributed by atoms with E-state index in [1.54, 1.807) is 19.2 Å². The van der Waals surface area contributed by atoms with Crippen LogP contribution in [-0.2, 0) is 0 Å². The maximum Gasteiger partial charge on any atom is 0.253 e. The molecular weight excluding hydrogens is 278 g/mol. The highest BCUT2D eigenvalue weighted by Gasteiger charge is 2.16. The summed E-state index contributed by atoms with van der Waals surface area (Å²) >= 11 is 0. The zero-order valence-corrected chi connectivity index (χ0v) is 13.1. The first kappa shape index (κ1) is 16.0. The Morgan fingerprint density at radius 3 is 2.50 bits per heavy atom. The maximum atomic E-state index is 12.4. The maximum absolute atomic E-state index is 12.4. The number of nitrogens with zero attached hydrogens (tertiary/aromatic N) is 2. The third kappa shape index (κ3) is 4.30. The summed E-state index contributed by atoms with van der Waals surface area (Å²) < 4.78 is 5.00. The van der Waals surface area contributed by atoms with Crippen LogP contribution in [0.2, 0.25) is 0 Å². The molecule has 1 heterocycles. The average molecular weight is 299 g/mol. The zero-order valence-electron chi connectivity index (χ0n) is 13.1. The standard InChI is InChI=1S/C17H21N3O2/c1-20(2)12-15(13-7-5-4-6-8-13)19-17(21)14-9-10-16(22-3)18-11-14/h4-11,15H,12H2,1-3H3,(H,19,21). The second-order valence-corrected chi connectivity index (χ2v) is 5.29. The number of carbonyl (C=O) groups is 1. The number of hydrogen-bond acceptors (Lipinski definition) is 4. The molecule has 0 aliphatic carbocycles. The van der Waals surface area contributed by atoms with Crippen LogP contribution in [0.1, 0.15) is 22.0 Å². The van der Waals surface area contributed by atoms with Crippen molar-refractivity contribution in [3.05, 3.63) is 59.8 Å². The molecular formula is C17H21N3O2. The van der Waals surface area contributed by atoms with E-state index in [1.165, 1.54) is 6.20 Å². The van der Waals surface area contributed by atoms with Gasteiger partial charge in [0.15, 0.2) is 0 Å². The van der Waals surface area contributed by atoms with E-state index in [0.717, 1.165) is 12.1 Å². The SMILES string of the molecule is COc1ccc(C(=O)NC(CN(C)C)c2ccccc2)cn1. The molecule has 0 aliphatic heterocycles. The third-order valence-corrected chi connectivity index (χ3v) is 3.26. The molecule has 0 aliphatic rings. The number of pyridine rings is 1. The van der Waals surface area contributed by atoms with E-state index in [4.69, 9.17) is 4.74 Å². The average Bonchev–Trinajstić information content (AvgIpc) is 2.54. The molecule has 1 unspecified atom stereocenters. The number of ether oxygens (including phenoxy) is 1. The lowest BCUT2D eigenvalue weighted by atomic mass is 10.1. The zero-order chi connectivity index (χ0) is 15.9. The predicted molar refractivity (Wildman–Crippen MR) is 86.0 cm³/mol. The van der Waals surface area contributed by atoms with Gasteiger partial charge < -0.3 is 15.0 Å². The van der Waals surface area contributed by atoms with Crippen LogP contribution in [0.15, 0.2) is 48.7 Å². The lowest BCUT2D eigenvalue weighted by Crippen LogP contribution is -2.35. The highest BCUT2D eigenvalue weighted by atomic mass is 16.5. The first-order valence-corrected chi connectivity index (χ1v) is 7.10. The number of rotatable bonds is 6. The van der Waals surface area contributed by atoms with Crippen LogP contribution in [0, 0.1) is 0 Å². The Hall–Kier alpha value is -2.40. The van der Waals surface area contributed by atoms with Crippen molar-refractivity contribution in [1.82, 2.24) is 15.2 Å². The first-order valence-electron chi connectivity index (χ1n) is 7.10. The fourth-order valence-electron chi connectivity index (χ4n) is 2.16. The van der Waals surface area contributed by atoms with Gasteiger partial charge in [-0.1, -0.05) is 30.3 Å². The summed E-state index contributed by atoms with van der Waals surface area (Å²) in [6, 6.07) is 13.2. The smallest absolute Gasteiger partial charge is 0.253 e. The van der Waals surface area contributed by atoms with Crippen LogP contribution in [0.3, 0.4) is 0 Å². The predicted octanol–water partition coefficient (Wildman–Crippen LogP) is 2.12. The van der Waals surface area contributed by atoms with Gasteiger partial charge in [0.25, 0.3) is 5.91 Å². The van der Waals surface area contributed by atoms with Crippen LogP contribution >= 0.6 is 0 Å². The van der Waals surface area contributed by atoms with Crippen molar-refractivity contribution in [3.63, 3.8) is 0 Å². The topological polar surface area (TPSA) is 54.5 Å². The number of hydrogen-bond donors (Lipinski definition) is 1. The Labute approximate surface area is 130 Å². The summed E-state index contributed by atoms with van der Waals surface area (Å²) in [4.78, 5) is 18.5. The largest absolute Gasteiger partial charge is 0.481 e. The van der Waals surface area contributed by atoms with E-state index in [1.807, 2.05) is 49.3 Å². The molecule has 5 heteroatoms. The Bertz CT molecular complexity index is 597. The molecule has 0 bridgehead atoms. The quantitative estimate of drug-likeness (QED) is 0.888. The summed E-state index contributed by atoms with van der Waals surface area (Å²) in [6.07, 6.45) is 1.52. The van der Waals surface area contributed by atoms with Crippen molar-refractivity contribution >= 4 is 5.91 Å². The van der Waals surface area contributed by atoms with Gasteiger partial charge in [-0.2, -0.15) is 0 Å². The van der Waals surface area contributed by atoms with Crippen LogP contribution in [0.25, 0.3) is 0 Å². The number of nitrogens with one attached hydrogen (secondary N) is 1. The van der Waals surface area contributed by atoms with Gasteiger partial charge in [-0.3, -0.25) is 4.79 Å². The highest BCUT2D eigenvalue weighted by Crippen LogP contribution is 2.15. The van der Waals surface area contributed by atoms with E-state index in [0.29, 0.717) is 11.4 Å². The van der Waals surface area contributed by atoms with Crippen molar-refractivity contribution in [3.8, 4) is 5.88 Å². The monoisotopic (exact) mass is 299 g/mol. The fraction of sp³-hybridized carbons (Fsp3) is 0.294. The summed E-state index contributed by atoms with van der Waals surface area (Å²) in [5, 5.41) is 3.06. The van der Waals surface area contributed by atoms with Crippen molar-refractivity contribution in [2.24, 2.45) is 0 Å². The molecule has 5 nitrogen and oxygen atoms in total. The molecule has 22 heavy (non-hydrogen) atoms. The van der Waals surface area contributed by atoms with E-state index in [-0.39, 0.29) is 11.9 Å². The van der Waals surface area contributed by atoms with Crippen molar-refractivity contribution in [2.45, 2.75) is 6.04 Å². The molecule has 0 saturated carbocycles. The molecule has 0 radical (unpaired) electrons. The first-order chi connectivity index (χ1) is 10.6. The number of methoxy groups -OCH3 is 1. The molecule has 1 N–H and O–H groups in total. The van der Waals surface area contributed by atoms with Crippen molar-refractivity contribution < 1.29 is 9.53 Å². The lowest BCUT2D eigenvalue weighted by molar-refractivity contribution is 0.0929. The molecule has 116 valence electrons. The van der Waals surface area contributed by atoms with Crippen LogP contribution in [0.5, 0.6) is 5.88 Å². The molecule has 0 saturated heterocycles. The minimum absolute atomic E-state index is 0.0780. The van der Waals surface area contributed by atoms with Gasteiger partial charge in [0, 0.05) is 18.8 Å². The Morgan fingerprint density at radius 2 is 1.95 bits per heavy atom. The Morgan fingerprint density at radius 1 is 1.23 bits per heavy atom. The van der Waals surface area contributed by atoms with Gasteiger partial charge >= 0.3 is 0 Å². The fourth-order valence-corrected chi connectivity index (χ4v) is 2.16. The van der Waals surface area contributed by atoms with Gasteiger partial charge in [0.05, 0.1) is 18.7 Å². The molecule has 1 aromatic carbocycles. The van der Waals surface area contributed by atoms with Gasteiger partial charge in [0.2, 0.25) is 5.88 Å². The summed E-state index contributed by atoms with van der Waals surface area (Å²) in [5.74, 6) is 0.343. The number of amides is 1. The van der Waals surface area contributed by atoms with Crippen LogP contribution in [-0.4, -0.2) is 43.5 Å².